The van der Waals surface area contributed by atoms with Crippen molar-refractivity contribution >= 4 is 16.5 Å². The van der Waals surface area contributed by atoms with E-state index in [0.29, 0.717) is 12.6 Å². The highest BCUT2D eigenvalue weighted by Gasteiger charge is 2.36. The van der Waals surface area contributed by atoms with Gasteiger partial charge < -0.3 is 20.1 Å². The Labute approximate surface area is 117 Å². The van der Waals surface area contributed by atoms with Gasteiger partial charge in [-0.3, -0.25) is 0 Å². The van der Waals surface area contributed by atoms with E-state index in [1.165, 1.54) is 0 Å². The van der Waals surface area contributed by atoms with Crippen LogP contribution in [0.2, 0.25) is 0 Å². The van der Waals surface area contributed by atoms with E-state index in [1.54, 1.807) is 11.3 Å². The fourth-order valence-electron chi connectivity index (χ4n) is 2.91. The van der Waals surface area contributed by atoms with Crippen LogP contribution in [0.3, 0.4) is 0 Å². The SMILES string of the molecule is OC[C@@]1(NC2CCN(c3nccs3)CC2)CCOC1. The van der Waals surface area contributed by atoms with E-state index in [4.69, 9.17) is 4.74 Å². The maximum Gasteiger partial charge on any atom is 0.185 e. The Morgan fingerprint density at radius 3 is 2.95 bits per heavy atom. The molecule has 0 unspecified atom stereocenters. The maximum absolute atomic E-state index is 9.59. The van der Waals surface area contributed by atoms with Gasteiger partial charge in [0, 0.05) is 37.3 Å². The second kappa shape index (κ2) is 5.75. The molecule has 5 nitrogen and oxygen atoms in total. The van der Waals surface area contributed by atoms with Crippen LogP contribution in [-0.4, -0.2) is 54.6 Å². The average Bonchev–Trinajstić information content (AvgIpc) is 3.11. The first-order valence-corrected chi connectivity index (χ1v) is 7.80. The molecule has 2 aliphatic rings. The first-order valence-electron chi connectivity index (χ1n) is 6.92. The minimum absolute atomic E-state index is 0.166. The molecule has 1 atom stereocenters. The highest BCUT2D eigenvalue weighted by atomic mass is 32.1. The molecule has 2 aliphatic heterocycles. The molecule has 0 bridgehead atoms. The molecule has 0 radical (unpaired) electrons. The number of ether oxygens (including phenoxy) is 1. The lowest BCUT2D eigenvalue weighted by molar-refractivity contribution is 0.109. The van der Waals surface area contributed by atoms with Gasteiger partial charge in [0.15, 0.2) is 5.13 Å². The van der Waals surface area contributed by atoms with Crippen LogP contribution in [0.4, 0.5) is 5.13 Å². The Hall–Kier alpha value is -0.690. The quantitative estimate of drug-likeness (QED) is 0.858. The Morgan fingerprint density at radius 1 is 1.53 bits per heavy atom. The summed E-state index contributed by atoms with van der Waals surface area (Å²) in [6.07, 6.45) is 4.97. The van der Waals surface area contributed by atoms with Crippen molar-refractivity contribution in [3.05, 3.63) is 11.6 Å². The molecule has 0 amide bonds. The fraction of sp³-hybridized carbons (Fsp3) is 0.769. The van der Waals surface area contributed by atoms with E-state index in [-0.39, 0.29) is 12.1 Å². The summed E-state index contributed by atoms with van der Waals surface area (Å²) in [7, 11) is 0. The third-order valence-corrected chi connectivity index (χ3v) is 4.93. The van der Waals surface area contributed by atoms with Crippen LogP contribution in [0, 0.1) is 0 Å². The van der Waals surface area contributed by atoms with Crippen molar-refractivity contribution in [3.63, 3.8) is 0 Å². The molecule has 0 saturated carbocycles. The molecule has 19 heavy (non-hydrogen) atoms. The monoisotopic (exact) mass is 283 g/mol. The number of aromatic nitrogens is 1. The van der Waals surface area contributed by atoms with Gasteiger partial charge in [0.1, 0.15) is 0 Å². The number of piperidine rings is 1. The summed E-state index contributed by atoms with van der Waals surface area (Å²) in [6.45, 7) is 3.63. The second-order valence-electron chi connectivity index (χ2n) is 5.46. The summed E-state index contributed by atoms with van der Waals surface area (Å²) < 4.78 is 5.43. The summed E-state index contributed by atoms with van der Waals surface area (Å²) in [5.41, 5.74) is -0.200. The number of aliphatic hydroxyl groups is 1. The molecular formula is C13H21N3O2S. The van der Waals surface area contributed by atoms with E-state index in [2.05, 4.69) is 15.2 Å². The van der Waals surface area contributed by atoms with Gasteiger partial charge in [-0.25, -0.2) is 4.98 Å². The van der Waals surface area contributed by atoms with Crippen molar-refractivity contribution in [1.29, 1.82) is 0 Å². The van der Waals surface area contributed by atoms with Crippen molar-refractivity contribution in [2.24, 2.45) is 0 Å². The summed E-state index contributed by atoms with van der Waals surface area (Å²) in [5.74, 6) is 0. The number of hydrogen-bond acceptors (Lipinski definition) is 6. The molecule has 0 aromatic carbocycles. The first kappa shape index (κ1) is 13.3. The minimum Gasteiger partial charge on any atom is -0.394 e. The standard InChI is InChI=1S/C13H21N3O2S/c17-9-13(3-7-18-10-13)15-11-1-5-16(6-2-11)12-14-4-8-19-12/h4,8,11,15,17H,1-3,5-7,9-10H2/t13-/m0/s1. The number of aliphatic hydroxyl groups excluding tert-OH is 1. The first-order chi connectivity index (χ1) is 9.31. The van der Waals surface area contributed by atoms with Gasteiger partial charge in [-0.05, 0) is 19.3 Å². The molecule has 1 aromatic heterocycles. The Bertz CT molecular complexity index is 385. The lowest BCUT2D eigenvalue weighted by Crippen LogP contribution is -2.56. The molecular weight excluding hydrogens is 262 g/mol. The Balaban J connectivity index is 1.53. The predicted molar refractivity (Wildman–Crippen MR) is 75.7 cm³/mol. The van der Waals surface area contributed by atoms with Crippen molar-refractivity contribution in [1.82, 2.24) is 10.3 Å². The topological polar surface area (TPSA) is 57.6 Å². The Morgan fingerprint density at radius 2 is 2.37 bits per heavy atom. The van der Waals surface area contributed by atoms with Gasteiger partial charge in [0.05, 0.1) is 18.8 Å². The molecule has 106 valence electrons. The number of hydrogen-bond donors (Lipinski definition) is 2. The second-order valence-corrected chi connectivity index (χ2v) is 6.33. The molecule has 3 rings (SSSR count). The fourth-order valence-corrected chi connectivity index (χ4v) is 3.61. The van der Waals surface area contributed by atoms with E-state index in [0.717, 1.165) is 44.1 Å². The molecule has 2 fully saturated rings. The van der Waals surface area contributed by atoms with Crippen molar-refractivity contribution in [2.75, 3.05) is 37.8 Å². The van der Waals surface area contributed by atoms with Crippen LogP contribution in [0.1, 0.15) is 19.3 Å². The zero-order valence-corrected chi connectivity index (χ0v) is 11.9. The molecule has 0 aliphatic carbocycles. The van der Waals surface area contributed by atoms with Crippen LogP contribution in [0.5, 0.6) is 0 Å². The largest absolute Gasteiger partial charge is 0.394 e. The summed E-state index contributed by atoms with van der Waals surface area (Å²) >= 11 is 1.70. The normalized spacial score (nSPS) is 29.0. The zero-order chi connectivity index (χ0) is 13.1. The van der Waals surface area contributed by atoms with Crippen LogP contribution in [0.15, 0.2) is 11.6 Å². The summed E-state index contributed by atoms with van der Waals surface area (Å²) in [4.78, 5) is 6.71. The lowest BCUT2D eigenvalue weighted by atomic mass is 9.95. The maximum atomic E-state index is 9.59. The summed E-state index contributed by atoms with van der Waals surface area (Å²) in [6, 6.07) is 0.477. The van der Waals surface area contributed by atoms with Gasteiger partial charge in [-0.15, -0.1) is 11.3 Å². The molecule has 2 N–H and O–H groups in total. The van der Waals surface area contributed by atoms with E-state index in [9.17, 15) is 5.11 Å². The lowest BCUT2D eigenvalue weighted by Gasteiger charge is -2.37. The van der Waals surface area contributed by atoms with Gasteiger partial charge >= 0.3 is 0 Å². The number of nitrogens with zero attached hydrogens (tertiary/aromatic N) is 2. The van der Waals surface area contributed by atoms with Gasteiger partial charge in [-0.2, -0.15) is 0 Å². The number of anilines is 1. The highest BCUT2D eigenvalue weighted by Crippen LogP contribution is 2.25. The number of rotatable bonds is 4. The molecule has 2 saturated heterocycles. The number of thiazole rings is 1. The average molecular weight is 283 g/mol. The molecule has 3 heterocycles. The van der Waals surface area contributed by atoms with Crippen LogP contribution < -0.4 is 10.2 Å². The van der Waals surface area contributed by atoms with Gasteiger partial charge in [0.25, 0.3) is 0 Å². The van der Waals surface area contributed by atoms with Gasteiger partial charge in [0.2, 0.25) is 0 Å². The molecule has 6 heteroatoms. The Kier molecular flexibility index (Phi) is 4.02. The molecule has 1 aromatic rings. The van der Waals surface area contributed by atoms with Crippen molar-refractivity contribution < 1.29 is 9.84 Å². The third kappa shape index (κ3) is 2.91. The van der Waals surface area contributed by atoms with Crippen LogP contribution in [-0.2, 0) is 4.74 Å². The smallest absolute Gasteiger partial charge is 0.185 e. The minimum atomic E-state index is -0.200. The number of nitrogens with one attached hydrogen (secondary N) is 1. The van der Waals surface area contributed by atoms with Crippen molar-refractivity contribution in [2.45, 2.75) is 30.8 Å². The zero-order valence-electron chi connectivity index (χ0n) is 11.0. The van der Waals surface area contributed by atoms with E-state index < -0.39 is 0 Å². The van der Waals surface area contributed by atoms with Gasteiger partial charge in [-0.1, -0.05) is 0 Å². The van der Waals surface area contributed by atoms with Crippen molar-refractivity contribution in [3.8, 4) is 0 Å². The van der Waals surface area contributed by atoms with Crippen LogP contribution in [0.25, 0.3) is 0 Å². The third-order valence-electron chi connectivity index (χ3n) is 4.10. The predicted octanol–water partition coefficient (Wildman–Crippen LogP) is 0.853. The molecule has 0 spiro atoms. The van der Waals surface area contributed by atoms with Crippen LogP contribution >= 0.6 is 11.3 Å². The van der Waals surface area contributed by atoms with E-state index >= 15 is 0 Å². The summed E-state index contributed by atoms with van der Waals surface area (Å²) in [5, 5.41) is 16.4. The highest BCUT2D eigenvalue weighted by molar-refractivity contribution is 7.13. The van der Waals surface area contributed by atoms with E-state index in [1.807, 2.05) is 11.6 Å².